The first-order chi connectivity index (χ1) is 18.1. The Morgan fingerprint density at radius 2 is 2.08 bits per heavy atom. The smallest absolute Gasteiger partial charge is 0.329 e. The predicted octanol–water partition coefficient (Wildman–Crippen LogP) is 5.22. The summed E-state index contributed by atoms with van der Waals surface area (Å²) in [5.41, 5.74) is 4.62. The van der Waals surface area contributed by atoms with Crippen molar-refractivity contribution in [1.82, 2.24) is 19.0 Å². The van der Waals surface area contributed by atoms with E-state index in [1.165, 1.54) is 25.9 Å². The van der Waals surface area contributed by atoms with Gasteiger partial charge in [-0.1, -0.05) is 24.8 Å². The molecule has 2 aliphatic rings. The number of aryl methyl sites for hydroxylation is 1. The van der Waals surface area contributed by atoms with Crippen LogP contribution in [0.4, 0.5) is 0 Å². The molecule has 0 amide bonds. The summed E-state index contributed by atoms with van der Waals surface area (Å²) in [4.78, 5) is 20.4. The van der Waals surface area contributed by atoms with Crippen molar-refractivity contribution in [2.75, 3.05) is 39.5 Å². The van der Waals surface area contributed by atoms with Gasteiger partial charge < -0.3 is 14.4 Å². The molecule has 3 aromatic rings. The fourth-order valence-electron chi connectivity index (χ4n) is 5.54. The van der Waals surface area contributed by atoms with Crippen molar-refractivity contribution >= 4 is 27.5 Å². The Morgan fingerprint density at radius 3 is 2.84 bits per heavy atom. The lowest BCUT2D eigenvalue weighted by molar-refractivity contribution is 0.0593. The Bertz CT molecular complexity index is 1390. The molecule has 4 heterocycles. The van der Waals surface area contributed by atoms with Gasteiger partial charge in [-0.3, -0.25) is 14.1 Å². The summed E-state index contributed by atoms with van der Waals surface area (Å²) in [6.45, 7) is 11.6. The summed E-state index contributed by atoms with van der Waals surface area (Å²) >= 11 is 0. The van der Waals surface area contributed by atoms with E-state index in [4.69, 9.17) is 9.47 Å². The number of allylic oxidation sites excluding steroid dienone is 5. The molecule has 196 valence electrons. The van der Waals surface area contributed by atoms with E-state index in [-0.39, 0.29) is 11.7 Å². The minimum Gasteiger partial charge on any atom is -0.498 e. The lowest BCUT2D eigenvalue weighted by Crippen LogP contribution is -2.31. The third-order valence-electron chi connectivity index (χ3n) is 7.61. The third kappa shape index (κ3) is 5.43. The number of rotatable bonds is 9. The molecule has 0 bridgehead atoms. The zero-order valence-electron chi connectivity index (χ0n) is 22.1. The van der Waals surface area contributed by atoms with Crippen LogP contribution in [0.3, 0.4) is 0 Å². The molecular formula is C30H38N4O3. The van der Waals surface area contributed by atoms with Crippen LogP contribution in [0.5, 0.6) is 0 Å². The number of nitrogens with zero attached hydrogens (tertiary/aromatic N) is 4. The summed E-state index contributed by atoms with van der Waals surface area (Å²) in [6.07, 6.45) is 13.3. The third-order valence-corrected chi connectivity index (χ3v) is 7.61. The van der Waals surface area contributed by atoms with Crippen LogP contribution in [-0.4, -0.2) is 58.5 Å². The largest absolute Gasteiger partial charge is 0.498 e. The second-order valence-electron chi connectivity index (χ2n) is 10.2. The van der Waals surface area contributed by atoms with Crippen LogP contribution in [0, 0.1) is 0 Å². The number of hydrogen-bond donors (Lipinski definition) is 0. The van der Waals surface area contributed by atoms with Gasteiger partial charge in [-0.25, -0.2) is 4.79 Å². The van der Waals surface area contributed by atoms with E-state index in [2.05, 4.69) is 28.6 Å². The van der Waals surface area contributed by atoms with E-state index in [1.54, 1.807) is 10.8 Å². The molecule has 2 saturated heterocycles. The van der Waals surface area contributed by atoms with Gasteiger partial charge in [0.25, 0.3) is 0 Å². The number of ether oxygens (including phenoxy) is 2. The number of benzene rings is 1. The molecule has 0 aliphatic carbocycles. The highest BCUT2D eigenvalue weighted by Crippen LogP contribution is 2.30. The standard InChI is InChI=1S/C30H38N4O3/c1-4-23(11-10-22(2)37-18-8-16-33-14-5-6-15-33)24-12-13-27-26(19-24)29-28(20-31-27)32(3)30(35)34(29)25-9-7-17-36-21-25/h4,10-13,19-20,25H,1,5-9,14-18,21H2,2-3H3/b22-10+,23-11+. The second kappa shape index (κ2) is 11.5. The fraction of sp³-hybridized carbons (Fsp3) is 0.467. The quantitative estimate of drug-likeness (QED) is 0.228. The minimum absolute atomic E-state index is 0.0230. The van der Waals surface area contributed by atoms with Crippen molar-refractivity contribution in [3.63, 3.8) is 0 Å². The van der Waals surface area contributed by atoms with Crippen molar-refractivity contribution < 1.29 is 9.47 Å². The number of imidazole rings is 1. The van der Waals surface area contributed by atoms with E-state index in [0.717, 1.165) is 77.9 Å². The van der Waals surface area contributed by atoms with E-state index in [0.29, 0.717) is 6.61 Å². The van der Waals surface area contributed by atoms with E-state index < -0.39 is 0 Å². The Balaban J connectivity index is 1.42. The predicted molar refractivity (Wildman–Crippen MR) is 150 cm³/mol. The topological polar surface area (TPSA) is 61.5 Å². The summed E-state index contributed by atoms with van der Waals surface area (Å²) in [5, 5.41) is 0.963. The van der Waals surface area contributed by atoms with Crippen LogP contribution in [0.2, 0.25) is 0 Å². The first kappa shape index (κ1) is 25.5. The Hall–Kier alpha value is -3.16. The average Bonchev–Trinajstić information content (AvgIpc) is 3.54. The molecule has 7 heteroatoms. The van der Waals surface area contributed by atoms with Gasteiger partial charge >= 0.3 is 5.69 Å². The van der Waals surface area contributed by atoms with E-state index in [9.17, 15) is 4.79 Å². The fourth-order valence-corrected chi connectivity index (χ4v) is 5.54. The number of hydrogen-bond acceptors (Lipinski definition) is 5. The van der Waals surface area contributed by atoms with Crippen LogP contribution in [0.15, 0.2) is 59.8 Å². The number of pyridine rings is 1. The van der Waals surface area contributed by atoms with Crippen molar-refractivity contribution in [2.24, 2.45) is 7.05 Å². The van der Waals surface area contributed by atoms with Crippen LogP contribution >= 0.6 is 0 Å². The maximum Gasteiger partial charge on any atom is 0.329 e. The molecule has 7 nitrogen and oxygen atoms in total. The van der Waals surface area contributed by atoms with Crippen molar-refractivity contribution in [1.29, 1.82) is 0 Å². The van der Waals surface area contributed by atoms with Gasteiger partial charge in [-0.15, -0.1) is 0 Å². The Labute approximate surface area is 218 Å². The summed E-state index contributed by atoms with van der Waals surface area (Å²) in [6, 6.07) is 6.23. The summed E-state index contributed by atoms with van der Waals surface area (Å²) in [7, 11) is 1.82. The van der Waals surface area contributed by atoms with Crippen molar-refractivity contribution in [3.8, 4) is 0 Å². The summed E-state index contributed by atoms with van der Waals surface area (Å²) in [5.74, 6) is 0.889. The zero-order valence-corrected chi connectivity index (χ0v) is 22.1. The average molecular weight is 503 g/mol. The van der Waals surface area contributed by atoms with E-state index in [1.807, 2.05) is 42.8 Å². The van der Waals surface area contributed by atoms with Gasteiger partial charge in [0.2, 0.25) is 0 Å². The molecule has 37 heavy (non-hydrogen) atoms. The number of likely N-dealkylation sites (tertiary alicyclic amines) is 1. The van der Waals surface area contributed by atoms with Gasteiger partial charge in [0.1, 0.15) is 0 Å². The monoisotopic (exact) mass is 502 g/mol. The molecule has 1 atom stereocenters. The first-order valence-corrected chi connectivity index (χ1v) is 13.5. The normalized spacial score (nSPS) is 19.7. The van der Waals surface area contributed by atoms with E-state index >= 15 is 0 Å². The number of fused-ring (bicyclic) bond motifs is 3. The molecule has 1 aromatic carbocycles. The lowest BCUT2D eigenvalue weighted by Gasteiger charge is -2.23. The molecule has 0 radical (unpaired) electrons. The molecule has 1 unspecified atom stereocenters. The van der Waals surface area contributed by atoms with Crippen molar-refractivity contribution in [2.45, 2.75) is 45.1 Å². The van der Waals surface area contributed by atoms with Gasteiger partial charge in [-0.2, -0.15) is 0 Å². The van der Waals surface area contributed by atoms with Crippen LogP contribution in [-0.2, 0) is 16.5 Å². The minimum atomic E-state index is -0.0230. The maximum absolute atomic E-state index is 13.3. The molecule has 0 spiro atoms. The Morgan fingerprint density at radius 1 is 1.24 bits per heavy atom. The van der Waals surface area contributed by atoms with Crippen LogP contribution < -0.4 is 5.69 Å². The summed E-state index contributed by atoms with van der Waals surface area (Å²) < 4.78 is 15.3. The molecule has 0 N–H and O–H groups in total. The highest BCUT2D eigenvalue weighted by molar-refractivity contribution is 6.03. The molecule has 2 fully saturated rings. The molecule has 2 aliphatic heterocycles. The van der Waals surface area contributed by atoms with Gasteiger partial charge in [0.15, 0.2) is 0 Å². The van der Waals surface area contributed by atoms with Crippen LogP contribution in [0.1, 0.15) is 50.6 Å². The zero-order chi connectivity index (χ0) is 25.8. The highest BCUT2D eigenvalue weighted by atomic mass is 16.5. The molecular weight excluding hydrogens is 464 g/mol. The van der Waals surface area contributed by atoms with Crippen molar-refractivity contribution in [3.05, 3.63) is 71.0 Å². The van der Waals surface area contributed by atoms with Gasteiger partial charge in [-0.05, 0) is 81.5 Å². The van der Waals surface area contributed by atoms with Gasteiger partial charge in [0.05, 0.1) is 47.8 Å². The molecule has 2 aromatic heterocycles. The Kier molecular flexibility index (Phi) is 7.91. The van der Waals surface area contributed by atoms with Gasteiger partial charge in [0, 0.05) is 25.6 Å². The molecule has 5 rings (SSSR count). The maximum atomic E-state index is 13.3. The second-order valence-corrected chi connectivity index (χ2v) is 10.2. The SMILES string of the molecule is C=C/C(=C\C=C(/C)OCCCN1CCCC1)c1ccc2ncc3c(c2c1)n(C1CCCOC1)c(=O)n3C. The first-order valence-electron chi connectivity index (χ1n) is 13.5. The number of aromatic nitrogens is 3. The van der Waals surface area contributed by atoms with Crippen LogP contribution in [0.25, 0.3) is 27.5 Å². The lowest BCUT2D eigenvalue weighted by atomic mass is 10.0. The highest BCUT2D eigenvalue weighted by Gasteiger charge is 2.23. The molecule has 0 saturated carbocycles.